The monoisotopic (exact) mass is 332 g/mol. The molecule has 0 unspecified atom stereocenters. The molecular formula is C13H14Cl2N2O4. The fraction of sp³-hybridized carbons (Fsp3) is 0.462. The molecule has 1 aromatic carbocycles. The van der Waals surface area contributed by atoms with Crippen LogP contribution in [0.3, 0.4) is 0 Å². The Kier molecular flexibility index (Phi) is 5.03. The molecule has 6 nitrogen and oxygen atoms in total. The minimum absolute atomic E-state index is 0.0370. The molecule has 0 heterocycles. The Balaban J connectivity index is 2.24. The lowest BCUT2D eigenvalue weighted by molar-refractivity contribution is -0.384. The van der Waals surface area contributed by atoms with Gasteiger partial charge in [0.05, 0.1) is 32.7 Å². The van der Waals surface area contributed by atoms with E-state index >= 15 is 0 Å². The van der Waals surface area contributed by atoms with Crippen molar-refractivity contribution in [2.75, 3.05) is 0 Å². The highest BCUT2D eigenvalue weighted by Crippen LogP contribution is 2.31. The Labute approximate surface area is 131 Å². The number of nitro groups is 1. The summed E-state index contributed by atoms with van der Waals surface area (Å²) < 4.78 is 0. The van der Waals surface area contributed by atoms with Gasteiger partial charge in [0, 0.05) is 12.1 Å². The van der Waals surface area contributed by atoms with E-state index in [1.54, 1.807) is 0 Å². The third kappa shape index (κ3) is 3.64. The molecule has 21 heavy (non-hydrogen) atoms. The molecule has 1 aromatic rings. The quantitative estimate of drug-likeness (QED) is 0.657. The molecule has 1 aliphatic carbocycles. The highest BCUT2D eigenvalue weighted by molar-refractivity contribution is 6.44. The van der Waals surface area contributed by atoms with Gasteiger partial charge in [0.2, 0.25) is 0 Å². The minimum atomic E-state index is -0.644. The molecule has 0 spiro atoms. The van der Waals surface area contributed by atoms with Crippen molar-refractivity contribution < 1.29 is 14.8 Å². The van der Waals surface area contributed by atoms with Crippen molar-refractivity contribution in [1.29, 1.82) is 0 Å². The molecule has 1 amide bonds. The predicted molar refractivity (Wildman–Crippen MR) is 78.8 cm³/mol. The molecule has 8 heteroatoms. The molecule has 1 fully saturated rings. The number of nitrogens with one attached hydrogen (secondary N) is 1. The van der Waals surface area contributed by atoms with Gasteiger partial charge in [-0.3, -0.25) is 14.9 Å². The van der Waals surface area contributed by atoms with E-state index < -0.39 is 16.9 Å². The first-order chi connectivity index (χ1) is 9.90. The molecule has 0 aliphatic heterocycles. The molecule has 0 bridgehead atoms. The van der Waals surface area contributed by atoms with E-state index in [1.165, 1.54) is 0 Å². The van der Waals surface area contributed by atoms with Crippen LogP contribution in [0.5, 0.6) is 0 Å². The lowest BCUT2D eigenvalue weighted by Crippen LogP contribution is -2.45. The molecule has 114 valence electrons. The summed E-state index contributed by atoms with van der Waals surface area (Å²) in [4.78, 5) is 22.4. The second-order valence-corrected chi connectivity index (χ2v) is 5.76. The van der Waals surface area contributed by atoms with Crippen molar-refractivity contribution in [2.24, 2.45) is 0 Å². The average Bonchev–Trinajstić information content (AvgIpc) is 2.43. The SMILES string of the molecule is O=C(N[C@H]1CCCC[C@@H]1O)c1cc([N+](=O)[O-])cc(Cl)c1Cl. The van der Waals surface area contributed by atoms with Crippen LogP contribution in [0.2, 0.25) is 10.0 Å². The topological polar surface area (TPSA) is 92.5 Å². The highest BCUT2D eigenvalue weighted by atomic mass is 35.5. The van der Waals surface area contributed by atoms with Gasteiger partial charge in [-0.1, -0.05) is 36.0 Å². The van der Waals surface area contributed by atoms with Crippen molar-refractivity contribution in [2.45, 2.75) is 37.8 Å². The summed E-state index contributed by atoms with van der Waals surface area (Å²) in [5, 5.41) is 23.2. The second kappa shape index (κ2) is 6.60. The van der Waals surface area contributed by atoms with Crippen LogP contribution < -0.4 is 5.32 Å². The summed E-state index contributed by atoms with van der Waals surface area (Å²) >= 11 is 11.8. The van der Waals surface area contributed by atoms with Crippen molar-refractivity contribution in [3.8, 4) is 0 Å². The zero-order chi connectivity index (χ0) is 15.6. The number of amides is 1. The third-order valence-electron chi connectivity index (χ3n) is 3.51. The Morgan fingerprint density at radius 2 is 2.00 bits per heavy atom. The van der Waals surface area contributed by atoms with E-state index in [9.17, 15) is 20.0 Å². The van der Waals surface area contributed by atoms with Crippen LogP contribution in [-0.2, 0) is 0 Å². The fourth-order valence-electron chi connectivity index (χ4n) is 2.37. The molecule has 0 aromatic heterocycles. The van der Waals surface area contributed by atoms with E-state index in [0.29, 0.717) is 12.8 Å². The summed E-state index contributed by atoms with van der Waals surface area (Å²) in [5.41, 5.74) is -0.368. The number of aliphatic hydroxyl groups excluding tert-OH is 1. The number of rotatable bonds is 3. The van der Waals surface area contributed by atoms with Gasteiger partial charge < -0.3 is 10.4 Å². The average molecular weight is 333 g/mol. The van der Waals surface area contributed by atoms with Gasteiger partial charge in [-0.15, -0.1) is 0 Å². The van der Waals surface area contributed by atoms with Gasteiger partial charge in [-0.25, -0.2) is 0 Å². The van der Waals surface area contributed by atoms with Gasteiger partial charge >= 0.3 is 0 Å². The summed E-state index contributed by atoms with van der Waals surface area (Å²) in [6.07, 6.45) is 2.49. The van der Waals surface area contributed by atoms with Crippen molar-refractivity contribution >= 4 is 34.8 Å². The zero-order valence-corrected chi connectivity index (χ0v) is 12.5. The number of benzene rings is 1. The predicted octanol–water partition coefficient (Wildman–Crippen LogP) is 2.93. The minimum Gasteiger partial charge on any atom is -0.391 e. The zero-order valence-electron chi connectivity index (χ0n) is 11.0. The van der Waals surface area contributed by atoms with E-state index in [2.05, 4.69) is 5.32 Å². The Morgan fingerprint density at radius 1 is 1.33 bits per heavy atom. The molecule has 2 rings (SSSR count). The van der Waals surface area contributed by atoms with Gasteiger partial charge in [-0.05, 0) is 12.8 Å². The van der Waals surface area contributed by atoms with E-state index in [1.807, 2.05) is 0 Å². The van der Waals surface area contributed by atoms with Crippen molar-refractivity contribution in [1.82, 2.24) is 5.32 Å². The molecule has 0 radical (unpaired) electrons. The first-order valence-corrected chi connectivity index (χ1v) is 7.28. The smallest absolute Gasteiger partial charge is 0.271 e. The maximum Gasteiger partial charge on any atom is 0.271 e. The normalized spacial score (nSPS) is 21.9. The van der Waals surface area contributed by atoms with Crippen LogP contribution >= 0.6 is 23.2 Å². The first kappa shape index (κ1) is 16.0. The van der Waals surface area contributed by atoms with Crippen LogP contribution in [0.25, 0.3) is 0 Å². The molecule has 1 saturated carbocycles. The Hall–Kier alpha value is -1.37. The molecule has 2 N–H and O–H groups in total. The van der Waals surface area contributed by atoms with Crippen LogP contribution in [0.4, 0.5) is 5.69 Å². The number of non-ortho nitro benzene ring substituents is 1. The fourth-order valence-corrected chi connectivity index (χ4v) is 2.78. The van der Waals surface area contributed by atoms with E-state index in [0.717, 1.165) is 25.0 Å². The van der Waals surface area contributed by atoms with Crippen LogP contribution in [0.1, 0.15) is 36.0 Å². The number of nitro benzene ring substituents is 1. The number of aliphatic hydroxyl groups is 1. The maximum absolute atomic E-state index is 12.2. The lowest BCUT2D eigenvalue weighted by Gasteiger charge is -2.28. The van der Waals surface area contributed by atoms with Crippen molar-refractivity contribution in [3.63, 3.8) is 0 Å². The lowest BCUT2D eigenvalue weighted by atomic mass is 9.92. The molecule has 2 atom stereocenters. The molecule has 0 saturated heterocycles. The number of halogens is 2. The standard InChI is InChI=1S/C13H14Cl2N2O4/c14-9-6-7(17(20)21)5-8(12(9)15)13(19)16-10-3-1-2-4-11(10)18/h5-6,10-11,18H,1-4H2,(H,16,19)/t10-,11-/m0/s1. The number of nitrogens with zero attached hydrogens (tertiary/aromatic N) is 1. The Bertz CT molecular complexity index is 580. The molecule has 1 aliphatic rings. The van der Waals surface area contributed by atoms with Crippen LogP contribution in [0.15, 0.2) is 12.1 Å². The molecular weight excluding hydrogens is 319 g/mol. The number of carbonyl (C=O) groups is 1. The van der Waals surface area contributed by atoms with E-state index in [4.69, 9.17) is 23.2 Å². The summed E-state index contributed by atoms with van der Waals surface area (Å²) in [6.45, 7) is 0. The van der Waals surface area contributed by atoms with Gasteiger partial charge in [0.1, 0.15) is 0 Å². The summed E-state index contributed by atoms with van der Waals surface area (Å²) in [7, 11) is 0. The number of carbonyl (C=O) groups excluding carboxylic acids is 1. The van der Waals surface area contributed by atoms with Gasteiger partial charge in [-0.2, -0.15) is 0 Å². The van der Waals surface area contributed by atoms with E-state index in [-0.39, 0.29) is 27.3 Å². The van der Waals surface area contributed by atoms with Gasteiger partial charge in [0.25, 0.3) is 11.6 Å². The first-order valence-electron chi connectivity index (χ1n) is 6.52. The van der Waals surface area contributed by atoms with Gasteiger partial charge in [0.15, 0.2) is 0 Å². The van der Waals surface area contributed by atoms with Crippen LogP contribution in [0, 0.1) is 10.1 Å². The number of hydrogen-bond donors (Lipinski definition) is 2. The largest absolute Gasteiger partial charge is 0.391 e. The third-order valence-corrected chi connectivity index (χ3v) is 4.32. The van der Waals surface area contributed by atoms with Crippen molar-refractivity contribution in [3.05, 3.63) is 37.9 Å². The number of hydrogen-bond acceptors (Lipinski definition) is 4. The summed E-state index contributed by atoms with van der Waals surface area (Å²) in [5.74, 6) is -0.573. The summed E-state index contributed by atoms with van der Waals surface area (Å²) in [6, 6.07) is 1.80. The second-order valence-electron chi connectivity index (χ2n) is 4.98. The highest BCUT2D eigenvalue weighted by Gasteiger charge is 2.27. The van der Waals surface area contributed by atoms with Crippen LogP contribution in [-0.4, -0.2) is 28.1 Å². The Morgan fingerprint density at radius 3 is 2.62 bits per heavy atom. The maximum atomic E-state index is 12.2.